The fraction of sp³-hybridized carbons (Fsp3) is 0.333. The molecule has 1 aliphatic rings. The van der Waals surface area contributed by atoms with Crippen LogP contribution in [0.25, 0.3) is 6.08 Å². The zero-order chi connectivity index (χ0) is 22.4. The van der Waals surface area contributed by atoms with E-state index in [1.807, 2.05) is 17.9 Å². The molecule has 7 nitrogen and oxygen atoms in total. The van der Waals surface area contributed by atoms with Crippen molar-refractivity contribution >= 4 is 35.1 Å². The van der Waals surface area contributed by atoms with Crippen molar-refractivity contribution in [3.63, 3.8) is 0 Å². The first kappa shape index (κ1) is 22.2. The molecule has 31 heavy (non-hydrogen) atoms. The van der Waals surface area contributed by atoms with Gasteiger partial charge in [-0.25, -0.2) is 4.99 Å². The van der Waals surface area contributed by atoms with Gasteiger partial charge in [-0.2, -0.15) is 0 Å². The average Bonchev–Trinajstić information content (AvgIpc) is 2.92. The second-order valence-electron chi connectivity index (χ2n) is 7.61. The van der Waals surface area contributed by atoms with E-state index in [1.165, 1.54) is 0 Å². The van der Waals surface area contributed by atoms with Gasteiger partial charge in [-0.15, -0.1) is 0 Å². The molecular formula is C24H29N5O2. The van der Waals surface area contributed by atoms with Crippen molar-refractivity contribution in [1.29, 1.82) is 0 Å². The van der Waals surface area contributed by atoms with Crippen molar-refractivity contribution in [2.45, 2.75) is 40.0 Å². The van der Waals surface area contributed by atoms with Gasteiger partial charge in [0.15, 0.2) is 0 Å². The molecule has 1 aliphatic heterocycles. The van der Waals surface area contributed by atoms with Crippen molar-refractivity contribution < 1.29 is 9.59 Å². The van der Waals surface area contributed by atoms with Crippen LogP contribution in [0, 0.1) is 6.92 Å². The van der Waals surface area contributed by atoms with E-state index in [9.17, 15) is 9.59 Å². The fourth-order valence-electron chi connectivity index (χ4n) is 3.54. The number of hydrogen-bond donors (Lipinski definition) is 2. The Morgan fingerprint density at radius 3 is 2.58 bits per heavy atom. The molecule has 0 unspecified atom stereocenters. The van der Waals surface area contributed by atoms with Crippen LogP contribution >= 0.6 is 0 Å². The van der Waals surface area contributed by atoms with Crippen LogP contribution < -0.4 is 11.1 Å². The standard InChI is InChI=1S/C24H29N5O2/c1-4-11-29(12-5-2)24(31)19-13-17-8-9-18(14-21(17)27-22(25)15-19)23(30)28-20-7-6-10-26-16(20)3/h6-10,13-14H,4-5,11-12,15H2,1-3H3,(H2,25,27)(H,28,30). The number of rotatable bonds is 7. The number of nitrogens with zero attached hydrogens (tertiary/aromatic N) is 3. The number of anilines is 1. The molecule has 1 aromatic heterocycles. The second-order valence-corrected chi connectivity index (χ2v) is 7.61. The van der Waals surface area contributed by atoms with E-state index in [-0.39, 0.29) is 18.2 Å². The van der Waals surface area contributed by atoms with Crippen LogP contribution in [0.5, 0.6) is 0 Å². The molecule has 1 aromatic carbocycles. The van der Waals surface area contributed by atoms with Crippen molar-refractivity contribution in [2.75, 3.05) is 18.4 Å². The third-order valence-electron chi connectivity index (χ3n) is 5.06. The first-order valence-corrected chi connectivity index (χ1v) is 10.6. The number of carbonyl (C=O) groups excluding carboxylic acids is 2. The van der Waals surface area contributed by atoms with Crippen LogP contribution in [0.2, 0.25) is 0 Å². The lowest BCUT2D eigenvalue weighted by atomic mass is 10.0. The Labute approximate surface area is 183 Å². The smallest absolute Gasteiger partial charge is 0.255 e. The molecule has 0 bridgehead atoms. The van der Waals surface area contributed by atoms with Crippen molar-refractivity contribution in [1.82, 2.24) is 9.88 Å². The van der Waals surface area contributed by atoms with Gasteiger partial charge in [0.25, 0.3) is 5.91 Å². The lowest BCUT2D eigenvalue weighted by Gasteiger charge is -2.22. The third kappa shape index (κ3) is 5.36. The maximum Gasteiger partial charge on any atom is 0.255 e. The summed E-state index contributed by atoms with van der Waals surface area (Å²) in [7, 11) is 0. The maximum atomic E-state index is 13.1. The molecule has 162 valence electrons. The van der Waals surface area contributed by atoms with Crippen molar-refractivity contribution in [3.8, 4) is 0 Å². The van der Waals surface area contributed by atoms with Gasteiger partial charge in [0.05, 0.1) is 17.1 Å². The Balaban J connectivity index is 1.88. The van der Waals surface area contributed by atoms with Gasteiger partial charge in [0.2, 0.25) is 5.91 Å². The summed E-state index contributed by atoms with van der Waals surface area (Å²) >= 11 is 0. The molecule has 2 amide bonds. The monoisotopic (exact) mass is 419 g/mol. The summed E-state index contributed by atoms with van der Waals surface area (Å²) in [6.07, 6.45) is 5.60. The molecule has 0 spiro atoms. The number of nitrogens with one attached hydrogen (secondary N) is 1. The highest BCUT2D eigenvalue weighted by atomic mass is 16.2. The number of nitrogens with two attached hydrogens (primary N) is 1. The number of amides is 2. The predicted octanol–water partition coefficient (Wildman–Crippen LogP) is 4.07. The first-order valence-electron chi connectivity index (χ1n) is 10.6. The number of carbonyl (C=O) groups is 2. The number of hydrogen-bond acceptors (Lipinski definition) is 5. The van der Waals surface area contributed by atoms with Gasteiger partial charge in [-0.05, 0) is 50.1 Å². The molecule has 0 fully saturated rings. The highest BCUT2D eigenvalue weighted by Gasteiger charge is 2.21. The van der Waals surface area contributed by atoms with Gasteiger partial charge in [-0.1, -0.05) is 19.9 Å². The van der Waals surface area contributed by atoms with E-state index in [0.29, 0.717) is 41.4 Å². The molecule has 0 saturated carbocycles. The number of aliphatic imine (C=N–C) groups is 1. The summed E-state index contributed by atoms with van der Waals surface area (Å²) < 4.78 is 0. The minimum atomic E-state index is -0.255. The Bertz CT molecular complexity index is 1040. The van der Waals surface area contributed by atoms with Gasteiger partial charge in [-0.3, -0.25) is 14.6 Å². The molecule has 0 saturated heterocycles. The third-order valence-corrected chi connectivity index (χ3v) is 5.06. The summed E-state index contributed by atoms with van der Waals surface area (Å²) in [5, 5.41) is 2.87. The molecule has 7 heteroatoms. The zero-order valence-electron chi connectivity index (χ0n) is 18.3. The van der Waals surface area contributed by atoms with Crippen LogP contribution in [0.15, 0.2) is 47.1 Å². The predicted molar refractivity (Wildman–Crippen MR) is 124 cm³/mol. The summed E-state index contributed by atoms with van der Waals surface area (Å²) in [6.45, 7) is 7.37. The highest BCUT2D eigenvalue weighted by molar-refractivity contribution is 6.08. The van der Waals surface area contributed by atoms with E-state index in [2.05, 4.69) is 29.1 Å². The molecular weight excluding hydrogens is 390 g/mol. The molecule has 0 aliphatic carbocycles. The van der Waals surface area contributed by atoms with E-state index in [1.54, 1.807) is 36.5 Å². The van der Waals surface area contributed by atoms with Gasteiger partial charge in [0, 0.05) is 42.4 Å². The van der Waals surface area contributed by atoms with Gasteiger partial charge >= 0.3 is 0 Å². The first-order chi connectivity index (χ1) is 14.9. The quantitative estimate of drug-likeness (QED) is 0.706. The Kier molecular flexibility index (Phi) is 7.18. The van der Waals surface area contributed by atoms with Crippen LogP contribution in [0.1, 0.15) is 54.7 Å². The molecule has 3 N–H and O–H groups in total. The lowest BCUT2D eigenvalue weighted by molar-refractivity contribution is -0.127. The van der Waals surface area contributed by atoms with E-state index in [0.717, 1.165) is 24.1 Å². The molecule has 3 rings (SSSR count). The van der Waals surface area contributed by atoms with E-state index < -0.39 is 0 Å². The number of fused-ring (bicyclic) bond motifs is 1. The minimum Gasteiger partial charge on any atom is -0.387 e. The summed E-state index contributed by atoms with van der Waals surface area (Å²) in [4.78, 5) is 36.3. The average molecular weight is 420 g/mol. The number of aryl methyl sites for hydroxylation is 1. The Morgan fingerprint density at radius 2 is 1.90 bits per heavy atom. The fourth-order valence-corrected chi connectivity index (χ4v) is 3.54. The molecule has 2 aromatic rings. The van der Waals surface area contributed by atoms with Gasteiger partial charge < -0.3 is 16.0 Å². The van der Waals surface area contributed by atoms with Crippen molar-refractivity contribution in [3.05, 3.63) is 58.9 Å². The number of aromatic nitrogens is 1. The summed E-state index contributed by atoms with van der Waals surface area (Å²) in [5.74, 6) is 0.0878. The van der Waals surface area contributed by atoms with Crippen LogP contribution in [0.3, 0.4) is 0 Å². The van der Waals surface area contributed by atoms with Crippen LogP contribution in [-0.4, -0.2) is 40.6 Å². The number of benzene rings is 1. The van der Waals surface area contributed by atoms with E-state index in [4.69, 9.17) is 5.73 Å². The number of amidine groups is 1. The van der Waals surface area contributed by atoms with E-state index >= 15 is 0 Å². The highest BCUT2D eigenvalue weighted by Crippen LogP contribution is 2.29. The number of pyridine rings is 1. The van der Waals surface area contributed by atoms with Gasteiger partial charge in [0.1, 0.15) is 5.84 Å². The second kappa shape index (κ2) is 10.0. The van der Waals surface area contributed by atoms with Crippen LogP contribution in [-0.2, 0) is 4.79 Å². The van der Waals surface area contributed by atoms with Crippen molar-refractivity contribution in [2.24, 2.45) is 10.7 Å². The Hall–Kier alpha value is -3.48. The minimum absolute atomic E-state index is 0.0106. The normalized spacial score (nSPS) is 12.9. The van der Waals surface area contributed by atoms with Crippen LogP contribution in [0.4, 0.5) is 11.4 Å². The summed E-state index contributed by atoms with van der Waals surface area (Å²) in [5.41, 5.74) is 9.94. The Morgan fingerprint density at radius 1 is 1.16 bits per heavy atom. The summed E-state index contributed by atoms with van der Waals surface area (Å²) in [6, 6.07) is 8.81. The largest absolute Gasteiger partial charge is 0.387 e. The molecule has 2 heterocycles. The SMILES string of the molecule is CCCN(CCC)C(=O)C1=Cc2ccc(C(=O)Nc3cccnc3C)cc2N=C(N)C1. The molecule has 0 radical (unpaired) electrons. The maximum absolute atomic E-state index is 13.1. The topological polar surface area (TPSA) is 101 Å². The molecule has 0 atom stereocenters. The zero-order valence-corrected chi connectivity index (χ0v) is 18.3. The lowest BCUT2D eigenvalue weighted by Crippen LogP contribution is -2.34.